The minimum Gasteiger partial charge on any atom is -0.340 e. The molecule has 0 bridgehead atoms. The van der Waals surface area contributed by atoms with Gasteiger partial charge in [0, 0.05) is 46.8 Å². The van der Waals surface area contributed by atoms with Crippen LogP contribution >= 0.6 is 0 Å². The first-order valence-corrected chi connectivity index (χ1v) is 9.12. The number of imidazole rings is 1. The number of aryl methyl sites for hydroxylation is 2. The van der Waals surface area contributed by atoms with E-state index in [9.17, 15) is 9.59 Å². The van der Waals surface area contributed by atoms with Crippen LogP contribution in [0.3, 0.4) is 0 Å². The van der Waals surface area contributed by atoms with Crippen LogP contribution in [0.15, 0.2) is 33.9 Å². The van der Waals surface area contributed by atoms with Crippen LogP contribution < -0.4 is 16.1 Å². The van der Waals surface area contributed by atoms with Crippen LogP contribution in [0.2, 0.25) is 0 Å². The van der Waals surface area contributed by atoms with Crippen molar-refractivity contribution in [2.45, 2.75) is 13.5 Å². The van der Waals surface area contributed by atoms with Gasteiger partial charge in [0.1, 0.15) is 5.65 Å². The van der Waals surface area contributed by atoms with Gasteiger partial charge in [0.25, 0.3) is 5.56 Å². The number of nitrogens with one attached hydrogen (secondary N) is 1. The van der Waals surface area contributed by atoms with E-state index in [-0.39, 0.29) is 11.2 Å². The smallest absolute Gasteiger partial charge is 0.332 e. The van der Waals surface area contributed by atoms with Gasteiger partial charge in [0.2, 0.25) is 5.95 Å². The molecule has 1 aromatic carbocycles. The molecule has 0 unspecified atom stereocenters. The van der Waals surface area contributed by atoms with Crippen molar-refractivity contribution < 1.29 is 0 Å². The number of piperazine rings is 1. The van der Waals surface area contributed by atoms with Gasteiger partial charge in [-0.2, -0.15) is 0 Å². The number of hydrogen-bond donors (Lipinski definition) is 1. The van der Waals surface area contributed by atoms with E-state index in [0.29, 0.717) is 17.1 Å². The van der Waals surface area contributed by atoms with Gasteiger partial charge in [0.15, 0.2) is 5.52 Å². The van der Waals surface area contributed by atoms with Crippen molar-refractivity contribution >= 4 is 17.1 Å². The zero-order valence-corrected chi connectivity index (χ0v) is 15.9. The lowest BCUT2D eigenvalue weighted by Gasteiger charge is -2.34. The van der Waals surface area contributed by atoms with E-state index < -0.39 is 0 Å². The molecule has 2 aromatic heterocycles. The lowest BCUT2D eigenvalue weighted by atomic mass is 10.1. The molecule has 1 N–H and O–H groups in total. The Hall–Kier alpha value is -2.87. The molecule has 1 fully saturated rings. The summed E-state index contributed by atoms with van der Waals surface area (Å²) in [5.74, 6) is 0.651. The number of aromatic amines is 1. The quantitative estimate of drug-likeness (QED) is 0.732. The number of nitrogens with zero attached hydrogens (tertiary/aromatic N) is 5. The van der Waals surface area contributed by atoms with Crippen molar-refractivity contribution in [3.63, 3.8) is 0 Å². The minimum atomic E-state index is -0.367. The third-order valence-electron chi connectivity index (χ3n) is 5.29. The van der Waals surface area contributed by atoms with Gasteiger partial charge in [-0.1, -0.05) is 29.8 Å². The molecule has 0 radical (unpaired) electrons. The highest BCUT2D eigenvalue weighted by atomic mass is 16.2. The first-order chi connectivity index (χ1) is 12.9. The first-order valence-electron chi connectivity index (χ1n) is 9.12. The van der Waals surface area contributed by atoms with Gasteiger partial charge >= 0.3 is 5.69 Å². The largest absolute Gasteiger partial charge is 0.340 e. The van der Waals surface area contributed by atoms with E-state index in [4.69, 9.17) is 0 Å². The summed E-state index contributed by atoms with van der Waals surface area (Å²) < 4.78 is 2.52. The van der Waals surface area contributed by atoms with E-state index in [1.165, 1.54) is 22.7 Å². The molecule has 0 atom stereocenters. The number of rotatable bonds is 3. The van der Waals surface area contributed by atoms with E-state index in [2.05, 4.69) is 51.0 Å². The Labute approximate surface area is 156 Å². The van der Waals surface area contributed by atoms with Crippen molar-refractivity contribution in [3.05, 3.63) is 56.2 Å². The second-order valence-electron chi connectivity index (χ2n) is 7.21. The third kappa shape index (κ3) is 3.16. The highest BCUT2D eigenvalue weighted by Crippen LogP contribution is 2.17. The Morgan fingerprint density at radius 3 is 2.33 bits per heavy atom. The van der Waals surface area contributed by atoms with Crippen LogP contribution in [0, 0.1) is 6.92 Å². The first kappa shape index (κ1) is 17.5. The molecule has 0 saturated carbocycles. The van der Waals surface area contributed by atoms with Crippen molar-refractivity contribution in [2.24, 2.45) is 14.1 Å². The molecule has 3 aromatic rings. The molecule has 3 heterocycles. The zero-order valence-electron chi connectivity index (χ0n) is 15.9. The van der Waals surface area contributed by atoms with E-state index in [1.54, 1.807) is 7.05 Å². The fourth-order valence-electron chi connectivity index (χ4n) is 3.53. The summed E-state index contributed by atoms with van der Waals surface area (Å²) in [5, 5.41) is 0. The lowest BCUT2D eigenvalue weighted by molar-refractivity contribution is 0.249. The van der Waals surface area contributed by atoms with Gasteiger partial charge < -0.3 is 9.88 Å². The number of H-pyrrole nitrogens is 1. The van der Waals surface area contributed by atoms with Crippen molar-refractivity contribution in [2.75, 3.05) is 31.1 Å². The topological polar surface area (TPSA) is 79.2 Å². The van der Waals surface area contributed by atoms with Crippen molar-refractivity contribution in [3.8, 4) is 0 Å². The maximum atomic E-state index is 12.3. The molecule has 1 aliphatic rings. The van der Waals surface area contributed by atoms with Crippen LogP contribution in [0.5, 0.6) is 0 Å². The lowest BCUT2D eigenvalue weighted by Crippen LogP contribution is -2.46. The Kier molecular flexibility index (Phi) is 4.35. The molecule has 0 aliphatic carbocycles. The summed E-state index contributed by atoms with van der Waals surface area (Å²) in [7, 11) is 3.12. The second-order valence-corrected chi connectivity index (χ2v) is 7.21. The Morgan fingerprint density at radius 2 is 1.67 bits per heavy atom. The summed E-state index contributed by atoms with van der Waals surface area (Å²) in [5.41, 5.74) is 2.64. The molecule has 4 rings (SSSR count). The molecule has 0 spiro atoms. The van der Waals surface area contributed by atoms with Crippen LogP contribution in [-0.4, -0.2) is 50.2 Å². The van der Waals surface area contributed by atoms with Gasteiger partial charge in [0.05, 0.1) is 0 Å². The SMILES string of the molecule is Cc1ccc(CN2CCN(c3nc4c(=O)n(C)c(=O)n(C)c4[nH]3)CC2)cc1. The van der Waals surface area contributed by atoms with Crippen molar-refractivity contribution in [1.82, 2.24) is 24.0 Å². The number of anilines is 1. The average molecular weight is 368 g/mol. The summed E-state index contributed by atoms with van der Waals surface area (Å²) in [6.45, 7) is 6.51. The van der Waals surface area contributed by atoms with Crippen LogP contribution in [-0.2, 0) is 20.6 Å². The second kappa shape index (κ2) is 6.70. The number of fused-ring (bicyclic) bond motifs is 1. The zero-order chi connectivity index (χ0) is 19.1. The van der Waals surface area contributed by atoms with Gasteiger partial charge in [-0.05, 0) is 12.5 Å². The number of benzene rings is 1. The van der Waals surface area contributed by atoms with Crippen LogP contribution in [0.4, 0.5) is 5.95 Å². The maximum Gasteiger partial charge on any atom is 0.332 e. The Balaban J connectivity index is 1.50. The fraction of sp³-hybridized carbons (Fsp3) is 0.421. The molecule has 8 nitrogen and oxygen atoms in total. The number of hydrogen-bond acceptors (Lipinski definition) is 5. The van der Waals surface area contributed by atoms with E-state index >= 15 is 0 Å². The normalized spacial score (nSPS) is 15.6. The number of aromatic nitrogens is 4. The van der Waals surface area contributed by atoms with Gasteiger partial charge in [-0.25, -0.2) is 9.78 Å². The summed E-state index contributed by atoms with van der Waals surface area (Å²) >= 11 is 0. The highest BCUT2D eigenvalue weighted by molar-refractivity contribution is 5.73. The fourth-order valence-corrected chi connectivity index (χ4v) is 3.53. The van der Waals surface area contributed by atoms with Gasteiger partial charge in [-0.3, -0.25) is 18.8 Å². The monoisotopic (exact) mass is 368 g/mol. The third-order valence-corrected chi connectivity index (χ3v) is 5.29. The molecular weight excluding hydrogens is 344 g/mol. The molecule has 142 valence electrons. The predicted octanol–water partition coefficient (Wildman–Crippen LogP) is 0.591. The van der Waals surface area contributed by atoms with E-state index in [1.807, 2.05) is 0 Å². The summed E-state index contributed by atoms with van der Waals surface area (Å²) in [4.78, 5) is 36.6. The van der Waals surface area contributed by atoms with Crippen LogP contribution in [0.1, 0.15) is 11.1 Å². The average Bonchev–Trinajstić information content (AvgIpc) is 3.13. The maximum absolute atomic E-state index is 12.3. The summed E-state index contributed by atoms with van der Waals surface area (Å²) in [6.07, 6.45) is 0. The predicted molar refractivity (Wildman–Crippen MR) is 105 cm³/mol. The highest BCUT2D eigenvalue weighted by Gasteiger charge is 2.21. The molecule has 1 saturated heterocycles. The van der Waals surface area contributed by atoms with Crippen LogP contribution in [0.25, 0.3) is 11.2 Å². The van der Waals surface area contributed by atoms with Gasteiger partial charge in [-0.15, -0.1) is 0 Å². The Morgan fingerprint density at radius 1 is 1.00 bits per heavy atom. The summed E-state index contributed by atoms with van der Waals surface area (Å²) in [6, 6.07) is 8.64. The van der Waals surface area contributed by atoms with Crippen molar-refractivity contribution in [1.29, 1.82) is 0 Å². The minimum absolute atomic E-state index is 0.302. The molecule has 1 aliphatic heterocycles. The molecule has 27 heavy (non-hydrogen) atoms. The molecular formula is C19H24N6O2. The van der Waals surface area contributed by atoms with E-state index in [0.717, 1.165) is 37.3 Å². The molecule has 0 amide bonds. The Bertz CT molecular complexity index is 1080. The molecule has 8 heteroatoms. The standard InChI is InChI=1S/C19H24N6O2/c1-13-4-6-14(7-5-13)12-24-8-10-25(11-9-24)18-20-15-16(21-18)22(2)19(27)23(3)17(15)26/h4-7H,8-12H2,1-3H3,(H,20,21).